The Bertz CT molecular complexity index is 1270. The monoisotopic (exact) mass is 396 g/mol. The minimum absolute atomic E-state index is 0.0829. The standard InChI is InChI=1S/C24H16N2O4/c1-4-14-11-23(29-15-7-9-21(27)19(25)12-15)18(6-3)24(17(14)5-2)30-16-8-10-22(28)20(26)13-16/h1-3,7-13,27-28H,25-26H2. The Labute approximate surface area is 173 Å². The number of anilines is 2. The molecule has 3 rings (SSSR count). The number of phenols is 2. The number of terminal acetylenes is 3. The average Bonchev–Trinajstić information content (AvgIpc) is 2.73. The fraction of sp³-hybridized carbons (Fsp3) is 0. The molecule has 0 bridgehead atoms. The van der Waals surface area contributed by atoms with Crippen LogP contribution in [0.2, 0.25) is 0 Å². The van der Waals surface area contributed by atoms with Gasteiger partial charge in [0.25, 0.3) is 0 Å². The number of rotatable bonds is 4. The van der Waals surface area contributed by atoms with E-state index in [9.17, 15) is 10.2 Å². The lowest BCUT2D eigenvalue weighted by Gasteiger charge is -2.17. The van der Waals surface area contributed by atoms with E-state index in [-0.39, 0.29) is 51.2 Å². The lowest BCUT2D eigenvalue weighted by atomic mass is 10.0. The van der Waals surface area contributed by atoms with Crippen molar-refractivity contribution >= 4 is 11.4 Å². The highest BCUT2D eigenvalue weighted by molar-refractivity contribution is 5.70. The quantitative estimate of drug-likeness (QED) is 0.303. The van der Waals surface area contributed by atoms with Crippen LogP contribution in [0.1, 0.15) is 16.7 Å². The molecule has 0 heterocycles. The molecular weight excluding hydrogens is 380 g/mol. The molecule has 0 amide bonds. The van der Waals surface area contributed by atoms with Crippen LogP contribution in [0.3, 0.4) is 0 Å². The molecule has 6 heteroatoms. The van der Waals surface area contributed by atoms with E-state index in [0.29, 0.717) is 11.3 Å². The van der Waals surface area contributed by atoms with Gasteiger partial charge in [-0.05, 0) is 30.3 Å². The highest BCUT2D eigenvalue weighted by atomic mass is 16.5. The first-order chi connectivity index (χ1) is 14.4. The molecule has 6 N–H and O–H groups in total. The summed E-state index contributed by atoms with van der Waals surface area (Å²) in [6.45, 7) is 0. The van der Waals surface area contributed by atoms with Crippen LogP contribution in [0, 0.1) is 37.0 Å². The summed E-state index contributed by atoms with van der Waals surface area (Å²) < 4.78 is 11.8. The molecule has 3 aromatic rings. The molecule has 0 aliphatic rings. The van der Waals surface area contributed by atoms with Crippen LogP contribution in [0.15, 0.2) is 42.5 Å². The minimum Gasteiger partial charge on any atom is -0.506 e. The Morgan fingerprint density at radius 3 is 1.70 bits per heavy atom. The molecule has 6 nitrogen and oxygen atoms in total. The summed E-state index contributed by atoms with van der Waals surface area (Å²) in [7, 11) is 0. The van der Waals surface area contributed by atoms with E-state index < -0.39 is 0 Å². The van der Waals surface area contributed by atoms with Gasteiger partial charge >= 0.3 is 0 Å². The maximum absolute atomic E-state index is 9.62. The number of nitrogens with two attached hydrogens (primary N) is 2. The van der Waals surface area contributed by atoms with Crippen LogP contribution < -0.4 is 20.9 Å². The molecule has 0 aliphatic carbocycles. The Kier molecular flexibility index (Phi) is 5.32. The van der Waals surface area contributed by atoms with E-state index in [1.165, 1.54) is 42.5 Å². The van der Waals surface area contributed by atoms with Crippen molar-refractivity contribution in [3.63, 3.8) is 0 Å². The highest BCUT2D eigenvalue weighted by Crippen LogP contribution is 2.40. The molecule has 30 heavy (non-hydrogen) atoms. The first kappa shape index (κ1) is 19.9. The second kappa shape index (κ2) is 8.02. The molecule has 0 atom stereocenters. The predicted molar refractivity (Wildman–Crippen MR) is 115 cm³/mol. The van der Waals surface area contributed by atoms with Crippen molar-refractivity contribution in [2.24, 2.45) is 0 Å². The lowest BCUT2D eigenvalue weighted by molar-refractivity contribution is 0.450. The molecular formula is C24H16N2O4. The Morgan fingerprint density at radius 1 is 0.700 bits per heavy atom. The zero-order valence-corrected chi connectivity index (χ0v) is 15.6. The van der Waals surface area contributed by atoms with Crippen molar-refractivity contribution in [2.45, 2.75) is 0 Å². The van der Waals surface area contributed by atoms with E-state index in [4.69, 9.17) is 40.2 Å². The second-order valence-electron chi connectivity index (χ2n) is 6.08. The zero-order valence-electron chi connectivity index (χ0n) is 15.6. The van der Waals surface area contributed by atoms with Crippen molar-refractivity contribution < 1.29 is 19.7 Å². The predicted octanol–water partition coefficient (Wildman–Crippen LogP) is 3.79. The van der Waals surface area contributed by atoms with Crippen LogP contribution in [0.4, 0.5) is 11.4 Å². The molecule has 0 saturated carbocycles. The zero-order chi connectivity index (χ0) is 21.8. The Morgan fingerprint density at radius 2 is 1.23 bits per heavy atom. The molecule has 0 aliphatic heterocycles. The molecule has 0 unspecified atom stereocenters. The molecule has 0 spiro atoms. The summed E-state index contributed by atoms with van der Waals surface area (Å²) in [4.78, 5) is 0. The molecule has 0 fully saturated rings. The summed E-state index contributed by atoms with van der Waals surface area (Å²) in [5, 5.41) is 19.2. The van der Waals surface area contributed by atoms with Gasteiger partial charge < -0.3 is 31.2 Å². The largest absolute Gasteiger partial charge is 0.506 e. The molecule has 3 aromatic carbocycles. The molecule has 0 saturated heterocycles. The number of benzene rings is 3. The summed E-state index contributed by atoms with van der Waals surface area (Å²) >= 11 is 0. The number of nitrogen functional groups attached to an aromatic ring is 2. The van der Waals surface area contributed by atoms with Crippen LogP contribution in [-0.4, -0.2) is 10.2 Å². The van der Waals surface area contributed by atoms with E-state index in [1.54, 1.807) is 0 Å². The van der Waals surface area contributed by atoms with Crippen molar-refractivity contribution in [1.82, 2.24) is 0 Å². The van der Waals surface area contributed by atoms with E-state index >= 15 is 0 Å². The molecule has 146 valence electrons. The first-order valence-electron chi connectivity index (χ1n) is 8.51. The van der Waals surface area contributed by atoms with Gasteiger partial charge in [0.2, 0.25) is 0 Å². The maximum Gasteiger partial charge on any atom is 0.163 e. The van der Waals surface area contributed by atoms with Crippen molar-refractivity contribution in [2.75, 3.05) is 11.5 Å². The van der Waals surface area contributed by atoms with Gasteiger partial charge in [-0.1, -0.05) is 17.8 Å². The first-order valence-corrected chi connectivity index (χ1v) is 8.51. The fourth-order valence-corrected chi connectivity index (χ4v) is 2.65. The minimum atomic E-state index is -0.0944. The van der Waals surface area contributed by atoms with Gasteiger partial charge in [0.1, 0.15) is 34.3 Å². The van der Waals surface area contributed by atoms with Crippen LogP contribution in [0.5, 0.6) is 34.5 Å². The van der Waals surface area contributed by atoms with Gasteiger partial charge in [0, 0.05) is 17.7 Å². The topological polar surface area (TPSA) is 111 Å². The van der Waals surface area contributed by atoms with Gasteiger partial charge in [-0.2, -0.15) is 0 Å². The smallest absolute Gasteiger partial charge is 0.163 e. The second-order valence-corrected chi connectivity index (χ2v) is 6.08. The normalized spacial score (nSPS) is 9.77. The van der Waals surface area contributed by atoms with Crippen molar-refractivity contribution in [1.29, 1.82) is 0 Å². The number of aromatic hydroxyl groups is 2. The third kappa shape index (κ3) is 3.73. The summed E-state index contributed by atoms with van der Waals surface area (Å²) in [6, 6.07) is 10.1. The average molecular weight is 396 g/mol. The third-order valence-corrected chi connectivity index (χ3v) is 4.14. The molecule has 0 radical (unpaired) electrons. The summed E-state index contributed by atoms with van der Waals surface area (Å²) in [5.41, 5.74) is 12.5. The Hall–Kier alpha value is -4.86. The highest BCUT2D eigenvalue weighted by Gasteiger charge is 2.20. The van der Waals surface area contributed by atoms with Gasteiger partial charge in [-0.15, -0.1) is 19.3 Å². The van der Waals surface area contributed by atoms with Crippen molar-refractivity contribution in [3.8, 4) is 71.5 Å². The van der Waals surface area contributed by atoms with E-state index in [2.05, 4.69) is 17.8 Å². The lowest BCUT2D eigenvalue weighted by Crippen LogP contribution is -2.00. The van der Waals surface area contributed by atoms with E-state index in [1.807, 2.05) is 0 Å². The number of phenolic OH excluding ortho intramolecular Hbond substituents is 2. The van der Waals surface area contributed by atoms with Crippen molar-refractivity contribution in [3.05, 3.63) is 59.2 Å². The van der Waals surface area contributed by atoms with Gasteiger partial charge in [0.05, 0.1) is 16.9 Å². The number of hydrogen-bond acceptors (Lipinski definition) is 6. The number of ether oxygens (including phenoxy) is 2. The van der Waals surface area contributed by atoms with Crippen LogP contribution >= 0.6 is 0 Å². The van der Waals surface area contributed by atoms with Gasteiger partial charge in [-0.25, -0.2) is 0 Å². The third-order valence-electron chi connectivity index (χ3n) is 4.14. The van der Waals surface area contributed by atoms with Gasteiger partial charge in [0.15, 0.2) is 5.75 Å². The fourth-order valence-electron chi connectivity index (χ4n) is 2.65. The SMILES string of the molecule is C#Cc1cc(Oc2ccc(O)c(N)c2)c(C#C)c(Oc2ccc(O)c(N)c2)c1C#C. The summed E-state index contributed by atoms with van der Waals surface area (Å²) in [5.74, 6) is 8.25. The van der Waals surface area contributed by atoms with Gasteiger partial charge in [-0.3, -0.25) is 0 Å². The van der Waals surface area contributed by atoms with Crippen LogP contribution in [-0.2, 0) is 0 Å². The van der Waals surface area contributed by atoms with Crippen LogP contribution in [0.25, 0.3) is 0 Å². The summed E-state index contributed by atoms with van der Waals surface area (Å²) in [6.07, 6.45) is 17.0. The number of hydrogen-bond donors (Lipinski definition) is 4. The van der Waals surface area contributed by atoms with E-state index in [0.717, 1.165) is 0 Å². The molecule has 0 aromatic heterocycles. The maximum atomic E-state index is 9.62. The Balaban J connectivity index is 2.16.